The van der Waals surface area contributed by atoms with E-state index < -0.39 is 0 Å². The van der Waals surface area contributed by atoms with Gasteiger partial charge in [0.05, 0.1) is 12.7 Å². The lowest BCUT2D eigenvalue weighted by molar-refractivity contribution is -0.142. The molecule has 3 aliphatic rings. The molecular weight excluding hydrogens is 226 g/mol. The molecule has 0 aromatic carbocycles. The largest absolute Gasteiger partial charge is 0.374 e. The highest BCUT2D eigenvalue weighted by Crippen LogP contribution is 2.43. The molecule has 0 N–H and O–H groups in total. The molecule has 100 valence electrons. The van der Waals surface area contributed by atoms with Crippen LogP contribution >= 0.6 is 0 Å². The number of amides is 1. The van der Waals surface area contributed by atoms with Crippen molar-refractivity contribution in [3.8, 4) is 0 Å². The van der Waals surface area contributed by atoms with E-state index in [2.05, 4.69) is 18.4 Å². The third-order valence-corrected chi connectivity index (χ3v) is 4.91. The second kappa shape index (κ2) is 4.69. The smallest absolute Gasteiger partial charge is 0.225 e. The molecule has 3 unspecified atom stereocenters. The third-order valence-electron chi connectivity index (χ3n) is 4.91. The van der Waals surface area contributed by atoms with Gasteiger partial charge in [-0.25, -0.2) is 0 Å². The quantitative estimate of drug-likeness (QED) is 0.715. The van der Waals surface area contributed by atoms with E-state index in [-0.39, 0.29) is 0 Å². The first-order valence-electron chi connectivity index (χ1n) is 7.22. The fraction of sp³-hybridized carbons (Fsp3) is 0.800. The van der Waals surface area contributed by atoms with Crippen molar-refractivity contribution >= 4 is 5.91 Å². The molecule has 2 aliphatic carbocycles. The van der Waals surface area contributed by atoms with E-state index >= 15 is 0 Å². The maximum absolute atomic E-state index is 12.4. The molecule has 3 nitrogen and oxygen atoms in total. The van der Waals surface area contributed by atoms with Gasteiger partial charge in [0.1, 0.15) is 0 Å². The van der Waals surface area contributed by atoms with Crippen LogP contribution in [0.1, 0.15) is 32.6 Å². The van der Waals surface area contributed by atoms with Gasteiger partial charge in [-0.3, -0.25) is 4.79 Å². The monoisotopic (exact) mass is 249 g/mol. The van der Waals surface area contributed by atoms with Crippen molar-refractivity contribution in [3.63, 3.8) is 0 Å². The molecule has 3 rings (SSSR count). The van der Waals surface area contributed by atoms with Gasteiger partial charge in [0.2, 0.25) is 5.91 Å². The van der Waals surface area contributed by atoms with Crippen LogP contribution in [-0.2, 0) is 9.53 Å². The van der Waals surface area contributed by atoms with Crippen molar-refractivity contribution in [2.45, 2.75) is 44.8 Å². The number of hydrogen-bond acceptors (Lipinski definition) is 2. The molecular formula is C15H23NO2. The number of likely N-dealkylation sites (tertiary alicyclic amines) is 1. The molecule has 1 aliphatic heterocycles. The summed E-state index contributed by atoms with van der Waals surface area (Å²) in [6.45, 7) is 7.49. The molecule has 0 radical (unpaired) electrons. The molecule has 1 heterocycles. The first kappa shape index (κ1) is 12.2. The standard InChI is InChI=1S/C15H23NO2/c1-3-4-18-14-8-13-7-12(14)9-16(13)15(17)11-5-10(2)6-11/h3,10-14H,1,4-9H2,2H3. The van der Waals surface area contributed by atoms with E-state index in [1.807, 2.05) is 6.08 Å². The highest BCUT2D eigenvalue weighted by atomic mass is 16.5. The summed E-state index contributed by atoms with van der Waals surface area (Å²) in [6.07, 6.45) is 6.55. The number of rotatable bonds is 4. The Kier molecular flexibility index (Phi) is 3.18. The van der Waals surface area contributed by atoms with Crippen molar-refractivity contribution in [2.24, 2.45) is 17.8 Å². The molecule has 2 bridgehead atoms. The van der Waals surface area contributed by atoms with Crippen LogP contribution in [0.15, 0.2) is 12.7 Å². The van der Waals surface area contributed by atoms with Crippen LogP contribution in [0, 0.1) is 17.8 Å². The van der Waals surface area contributed by atoms with Crippen LogP contribution in [0.5, 0.6) is 0 Å². The fourth-order valence-electron chi connectivity index (χ4n) is 3.91. The molecule has 1 saturated heterocycles. The molecule has 3 fully saturated rings. The Morgan fingerprint density at radius 2 is 2.17 bits per heavy atom. The van der Waals surface area contributed by atoms with E-state index in [0.717, 1.165) is 38.1 Å². The number of hydrogen-bond donors (Lipinski definition) is 0. The summed E-state index contributed by atoms with van der Waals surface area (Å²) in [5.41, 5.74) is 0. The summed E-state index contributed by atoms with van der Waals surface area (Å²) < 4.78 is 5.78. The Balaban J connectivity index is 1.54. The van der Waals surface area contributed by atoms with Crippen molar-refractivity contribution in [2.75, 3.05) is 13.2 Å². The Morgan fingerprint density at radius 3 is 2.72 bits per heavy atom. The maximum atomic E-state index is 12.4. The van der Waals surface area contributed by atoms with E-state index in [0.29, 0.717) is 36.5 Å². The van der Waals surface area contributed by atoms with Crippen molar-refractivity contribution in [1.82, 2.24) is 4.90 Å². The predicted molar refractivity (Wildman–Crippen MR) is 70.1 cm³/mol. The van der Waals surface area contributed by atoms with Crippen molar-refractivity contribution in [3.05, 3.63) is 12.7 Å². The number of nitrogens with zero attached hydrogens (tertiary/aromatic N) is 1. The van der Waals surface area contributed by atoms with Gasteiger partial charge in [0, 0.05) is 24.4 Å². The van der Waals surface area contributed by atoms with Crippen molar-refractivity contribution < 1.29 is 9.53 Å². The fourth-order valence-corrected chi connectivity index (χ4v) is 3.91. The third kappa shape index (κ3) is 1.99. The summed E-state index contributed by atoms with van der Waals surface area (Å²) in [4.78, 5) is 14.5. The zero-order valence-corrected chi connectivity index (χ0v) is 11.2. The van der Waals surface area contributed by atoms with Gasteiger partial charge in [-0.15, -0.1) is 6.58 Å². The van der Waals surface area contributed by atoms with Crippen molar-refractivity contribution in [1.29, 1.82) is 0 Å². The number of fused-ring (bicyclic) bond motifs is 2. The van der Waals surface area contributed by atoms with E-state index in [4.69, 9.17) is 4.74 Å². The minimum atomic E-state index is 0.326. The van der Waals surface area contributed by atoms with Crippen LogP contribution in [0.3, 0.4) is 0 Å². The first-order chi connectivity index (χ1) is 8.69. The number of ether oxygens (including phenoxy) is 1. The summed E-state index contributed by atoms with van der Waals surface area (Å²) in [7, 11) is 0. The molecule has 3 atom stereocenters. The van der Waals surface area contributed by atoms with Gasteiger partial charge >= 0.3 is 0 Å². The summed E-state index contributed by atoms with van der Waals surface area (Å²) in [6, 6.07) is 0.452. The molecule has 1 amide bonds. The van der Waals surface area contributed by atoms with Gasteiger partial charge < -0.3 is 9.64 Å². The molecule has 3 heteroatoms. The molecule has 0 aromatic rings. The van der Waals surface area contributed by atoms with Crippen LogP contribution in [0.25, 0.3) is 0 Å². The second-order valence-corrected chi connectivity index (χ2v) is 6.31. The Hall–Kier alpha value is -0.830. The van der Waals surface area contributed by atoms with Gasteiger partial charge in [-0.05, 0) is 31.6 Å². The van der Waals surface area contributed by atoms with Gasteiger partial charge in [0.15, 0.2) is 0 Å². The van der Waals surface area contributed by atoms with Crippen LogP contribution in [0.2, 0.25) is 0 Å². The topological polar surface area (TPSA) is 29.5 Å². The van der Waals surface area contributed by atoms with E-state index in [9.17, 15) is 4.79 Å². The lowest BCUT2D eigenvalue weighted by atomic mass is 9.75. The van der Waals surface area contributed by atoms with Crippen LogP contribution < -0.4 is 0 Å². The molecule has 0 spiro atoms. The average molecular weight is 249 g/mol. The Bertz CT molecular complexity index is 348. The molecule has 0 aromatic heterocycles. The van der Waals surface area contributed by atoms with E-state index in [1.165, 1.54) is 0 Å². The molecule has 18 heavy (non-hydrogen) atoms. The minimum Gasteiger partial charge on any atom is -0.374 e. The zero-order chi connectivity index (χ0) is 12.7. The predicted octanol–water partition coefficient (Wildman–Crippen LogP) is 2.22. The highest BCUT2D eigenvalue weighted by molar-refractivity contribution is 5.80. The second-order valence-electron chi connectivity index (χ2n) is 6.31. The highest BCUT2D eigenvalue weighted by Gasteiger charge is 2.49. The zero-order valence-electron chi connectivity index (χ0n) is 11.2. The summed E-state index contributed by atoms with van der Waals surface area (Å²) in [5, 5.41) is 0. The number of carbonyl (C=O) groups is 1. The lowest BCUT2D eigenvalue weighted by Gasteiger charge is -2.38. The van der Waals surface area contributed by atoms with Gasteiger partial charge in [-0.2, -0.15) is 0 Å². The van der Waals surface area contributed by atoms with E-state index in [1.54, 1.807) is 0 Å². The van der Waals surface area contributed by atoms with Crippen LogP contribution in [-0.4, -0.2) is 36.1 Å². The minimum absolute atomic E-state index is 0.326. The SMILES string of the molecule is C=CCOC1CC2CC1CN2C(=O)C1CC(C)C1. The maximum Gasteiger partial charge on any atom is 0.225 e. The number of piperidine rings is 1. The normalized spacial score (nSPS) is 41.8. The Labute approximate surface area is 109 Å². The average Bonchev–Trinajstić information content (AvgIpc) is 2.90. The van der Waals surface area contributed by atoms with Crippen LogP contribution in [0.4, 0.5) is 0 Å². The number of carbonyl (C=O) groups excluding carboxylic acids is 1. The first-order valence-corrected chi connectivity index (χ1v) is 7.22. The summed E-state index contributed by atoms with van der Waals surface area (Å²) >= 11 is 0. The van der Waals surface area contributed by atoms with Gasteiger partial charge in [0.25, 0.3) is 0 Å². The summed E-state index contributed by atoms with van der Waals surface area (Å²) in [5.74, 6) is 2.06. The van der Waals surface area contributed by atoms with Gasteiger partial charge in [-0.1, -0.05) is 13.0 Å². The Morgan fingerprint density at radius 1 is 1.39 bits per heavy atom. The lowest BCUT2D eigenvalue weighted by Crippen LogP contribution is -2.47. The molecule has 2 saturated carbocycles.